The first-order chi connectivity index (χ1) is 9.97. The summed E-state index contributed by atoms with van der Waals surface area (Å²) in [4.78, 5) is 0. The fourth-order valence-electron chi connectivity index (χ4n) is 1.62. The Morgan fingerprint density at radius 3 is 2.52 bits per heavy atom. The van der Waals surface area contributed by atoms with Crippen molar-refractivity contribution in [2.45, 2.75) is 0 Å². The molecule has 21 heavy (non-hydrogen) atoms. The average Bonchev–Trinajstić information content (AvgIpc) is 2.40. The van der Waals surface area contributed by atoms with E-state index >= 15 is 0 Å². The fourth-order valence-corrected chi connectivity index (χ4v) is 2.28. The van der Waals surface area contributed by atoms with Crippen LogP contribution in [0.3, 0.4) is 0 Å². The lowest BCUT2D eigenvalue weighted by Crippen LogP contribution is -2.31. The fraction of sp³-hybridized carbons (Fsp3) is 0. The van der Waals surface area contributed by atoms with Crippen LogP contribution in [0.2, 0.25) is 10.0 Å². The smallest absolute Gasteiger partial charge is 0.432 e. The van der Waals surface area contributed by atoms with Gasteiger partial charge in [0.15, 0.2) is 0 Å². The molecule has 0 aromatic heterocycles. The highest BCUT2D eigenvalue weighted by Gasteiger charge is 2.17. The molecule has 0 aliphatic heterocycles. The van der Waals surface area contributed by atoms with Gasteiger partial charge < -0.3 is 20.1 Å². The van der Waals surface area contributed by atoms with Crippen LogP contribution in [0.25, 0.3) is 0 Å². The molecule has 0 atom stereocenters. The second-order valence-electron chi connectivity index (χ2n) is 4.05. The zero-order valence-electron chi connectivity index (χ0n) is 10.6. The van der Waals surface area contributed by atoms with Crippen LogP contribution in [0.15, 0.2) is 42.5 Å². The van der Waals surface area contributed by atoms with Gasteiger partial charge in [0.05, 0.1) is 10.7 Å². The quantitative estimate of drug-likeness (QED) is 0.591. The minimum atomic E-state index is -1.67. The zero-order valence-corrected chi connectivity index (χ0v) is 12.9. The summed E-state index contributed by atoms with van der Waals surface area (Å²) in [5, 5.41) is 21.9. The molecule has 3 N–H and O–H groups in total. The van der Waals surface area contributed by atoms with Gasteiger partial charge in [-0.05, 0) is 36.5 Å². The zero-order chi connectivity index (χ0) is 15.4. The number of anilines is 1. The van der Waals surface area contributed by atoms with Crippen LogP contribution in [0.4, 0.5) is 5.69 Å². The molecule has 0 spiro atoms. The molecule has 0 radical (unpaired) electrons. The van der Waals surface area contributed by atoms with Crippen molar-refractivity contribution < 1.29 is 14.8 Å². The topological polar surface area (TPSA) is 61.7 Å². The van der Waals surface area contributed by atoms with E-state index in [9.17, 15) is 10.0 Å². The van der Waals surface area contributed by atoms with E-state index in [1.807, 2.05) is 0 Å². The molecular weight excluding hydrogens is 332 g/mol. The molecule has 0 heterocycles. The van der Waals surface area contributed by atoms with Crippen molar-refractivity contribution in [3.8, 4) is 5.75 Å². The van der Waals surface area contributed by atoms with Gasteiger partial charge in [-0.1, -0.05) is 41.4 Å². The Kier molecular flexibility index (Phi) is 5.44. The van der Waals surface area contributed by atoms with Gasteiger partial charge >= 0.3 is 7.12 Å². The van der Waals surface area contributed by atoms with Gasteiger partial charge in [0.1, 0.15) is 5.75 Å². The van der Waals surface area contributed by atoms with Gasteiger partial charge in [0.2, 0.25) is 0 Å². The van der Waals surface area contributed by atoms with E-state index in [0.717, 1.165) is 0 Å². The van der Waals surface area contributed by atoms with Crippen molar-refractivity contribution >= 4 is 58.9 Å². The summed E-state index contributed by atoms with van der Waals surface area (Å²) >= 11 is 17.0. The molecule has 4 nitrogen and oxygen atoms in total. The van der Waals surface area contributed by atoms with Crippen LogP contribution in [-0.2, 0) is 0 Å². The third kappa shape index (κ3) is 4.33. The minimum absolute atomic E-state index is 0.0590. The normalized spacial score (nSPS) is 10.1. The van der Waals surface area contributed by atoms with E-state index in [4.69, 9.17) is 40.2 Å². The van der Waals surface area contributed by atoms with E-state index < -0.39 is 7.12 Å². The first-order valence-electron chi connectivity index (χ1n) is 5.86. The Morgan fingerprint density at radius 2 is 1.86 bits per heavy atom. The lowest BCUT2D eigenvalue weighted by Gasteiger charge is -2.13. The Labute approximate surface area is 137 Å². The molecule has 0 fully saturated rings. The van der Waals surface area contributed by atoms with Crippen molar-refractivity contribution in [2.75, 3.05) is 5.32 Å². The number of thiocarbonyl (C=S) groups is 1. The molecule has 0 bridgehead atoms. The molecule has 2 aromatic rings. The van der Waals surface area contributed by atoms with Crippen LogP contribution in [0.1, 0.15) is 0 Å². The summed E-state index contributed by atoms with van der Waals surface area (Å²) < 4.78 is 5.41. The first-order valence-corrected chi connectivity index (χ1v) is 7.02. The molecule has 0 unspecified atom stereocenters. The summed E-state index contributed by atoms with van der Waals surface area (Å²) in [6.45, 7) is 0. The maximum Gasteiger partial charge on any atom is 0.490 e. The average molecular weight is 342 g/mol. The van der Waals surface area contributed by atoms with Crippen molar-refractivity contribution in [3.63, 3.8) is 0 Å². The lowest BCUT2D eigenvalue weighted by molar-refractivity contribution is 0.426. The molecule has 0 saturated heterocycles. The predicted octanol–water partition coefficient (Wildman–Crippen LogP) is 2.45. The Morgan fingerprint density at radius 1 is 1.14 bits per heavy atom. The predicted molar refractivity (Wildman–Crippen MR) is 89.6 cm³/mol. The van der Waals surface area contributed by atoms with Crippen molar-refractivity contribution in [2.24, 2.45) is 0 Å². The van der Waals surface area contributed by atoms with Crippen LogP contribution >= 0.6 is 35.4 Å². The molecule has 108 valence electrons. The maximum atomic E-state index is 9.19. The number of benzene rings is 2. The Balaban J connectivity index is 2.11. The van der Waals surface area contributed by atoms with E-state index in [2.05, 4.69) is 5.32 Å². The van der Waals surface area contributed by atoms with Gasteiger partial charge in [0, 0.05) is 10.5 Å². The van der Waals surface area contributed by atoms with Crippen LogP contribution in [0, 0.1) is 0 Å². The van der Waals surface area contributed by atoms with Gasteiger partial charge in [-0.25, -0.2) is 0 Å². The molecule has 0 amide bonds. The number of rotatable bonds is 3. The number of ether oxygens (including phenoxy) is 1. The number of halogens is 2. The number of nitrogens with one attached hydrogen (secondary N) is 1. The van der Waals surface area contributed by atoms with Crippen molar-refractivity contribution in [1.29, 1.82) is 0 Å². The minimum Gasteiger partial charge on any atom is -0.432 e. The second kappa shape index (κ2) is 7.11. The number of hydrogen-bond acceptors (Lipinski definition) is 4. The van der Waals surface area contributed by atoms with E-state index in [1.54, 1.807) is 36.4 Å². The monoisotopic (exact) mass is 341 g/mol. The van der Waals surface area contributed by atoms with E-state index in [1.165, 1.54) is 6.07 Å². The molecule has 0 saturated carbocycles. The van der Waals surface area contributed by atoms with Gasteiger partial charge in [0.25, 0.3) is 5.17 Å². The summed E-state index contributed by atoms with van der Waals surface area (Å²) in [5.41, 5.74) is 0.585. The Bertz CT molecular complexity index is 670. The van der Waals surface area contributed by atoms with Crippen LogP contribution in [-0.4, -0.2) is 22.3 Å². The molecule has 2 aromatic carbocycles. The SMILES string of the molecule is OB(O)c1cccc(NC(=S)Oc2cccc(Cl)c2)c1Cl. The first kappa shape index (κ1) is 16.1. The third-order valence-corrected chi connectivity index (χ3v) is 3.39. The number of hydrogen-bond donors (Lipinski definition) is 3. The molecule has 0 aliphatic rings. The molecule has 8 heteroatoms. The van der Waals surface area contributed by atoms with Crippen LogP contribution < -0.4 is 15.5 Å². The third-order valence-electron chi connectivity index (χ3n) is 2.55. The van der Waals surface area contributed by atoms with E-state index in [-0.39, 0.29) is 15.7 Å². The van der Waals surface area contributed by atoms with E-state index in [0.29, 0.717) is 16.5 Å². The van der Waals surface area contributed by atoms with Gasteiger partial charge in [-0.3, -0.25) is 0 Å². The summed E-state index contributed by atoms with van der Waals surface area (Å²) in [6.07, 6.45) is 0. The second-order valence-corrected chi connectivity index (χ2v) is 5.24. The summed E-state index contributed by atoms with van der Waals surface area (Å²) in [7, 11) is -1.67. The molecule has 2 rings (SSSR count). The molecule has 0 aliphatic carbocycles. The highest BCUT2D eigenvalue weighted by atomic mass is 35.5. The summed E-state index contributed by atoms with van der Waals surface area (Å²) in [5.74, 6) is 0.481. The highest BCUT2D eigenvalue weighted by molar-refractivity contribution is 7.80. The van der Waals surface area contributed by atoms with Crippen molar-refractivity contribution in [3.05, 3.63) is 52.5 Å². The van der Waals surface area contributed by atoms with Crippen LogP contribution in [0.5, 0.6) is 5.75 Å². The standard InChI is InChI=1S/C13H10BCl2NO3S/c15-8-3-1-4-9(7-8)20-13(21)17-11-6-2-5-10(12(11)16)14(18)19/h1-7,18-19H,(H,17,21). The molecular formula is C13H10BCl2NO3S. The van der Waals surface area contributed by atoms with Crippen molar-refractivity contribution in [1.82, 2.24) is 0 Å². The largest absolute Gasteiger partial charge is 0.490 e. The maximum absolute atomic E-state index is 9.19. The van der Waals surface area contributed by atoms with Gasteiger partial charge in [-0.15, -0.1) is 0 Å². The van der Waals surface area contributed by atoms with Gasteiger partial charge in [-0.2, -0.15) is 0 Å². The lowest BCUT2D eigenvalue weighted by atomic mass is 9.80. The Hall–Kier alpha value is -1.31. The summed E-state index contributed by atoms with van der Waals surface area (Å²) in [6, 6.07) is 11.5. The highest BCUT2D eigenvalue weighted by Crippen LogP contribution is 2.21.